The fraction of sp³-hybridized carbons (Fsp3) is 0.304. The number of ether oxygens (including phenoxy) is 1. The molecule has 0 saturated carbocycles. The van der Waals surface area contributed by atoms with E-state index in [0.717, 1.165) is 44.7 Å². The number of rotatable bonds is 5. The van der Waals surface area contributed by atoms with Crippen molar-refractivity contribution in [2.45, 2.75) is 34.3 Å². The second-order valence-corrected chi connectivity index (χ2v) is 7.18. The fourth-order valence-electron chi connectivity index (χ4n) is 3.56. The number of nitrogens with zero attached hydrogens (tertiary/aromatic N) is 2. The molecule has 0 bridgehead atoms. The highest BCUT2D eigenvalue weighted by atomic mass is 16.5. The molecule has 0 saturated heterocycles. The summed E-state index contributed by atoms with van der Waals surface area (Å²) in [6.45, 7) is 8.53. The highest BCUT2D eigenvalue weighted by Gasteiger charge is 2.16. The lowest BCUT2D eigenvalue weighted by molar-refractivity contribution is -0.117. The highest BCUT2D eigenvalue weighted by Crippen LogP contribution is 2.30. The van der Waals surface area contributed by atoms with Crippen LogP contribution in [0, 0.1) is 27.7 Å². The number of carbonyl (C=O) groups is 1. The van der Waals surface area contributed by atoms with Gasteiger partial charge in [-0.1, -0.05) is 18.2 Å². The zero-order chi connectivity index (χ0) is 20.4. The summed E-state index contributed by atoms with van der Waals surface area (Å²) >= 11 is 0. The number of aryl methyl sites for hydroxylation is 3. The van der Waals surface area contributed by atoms with Crippen LogP contribution in [0.15, 0.2) is 36.4 Å². The molecule has 1 heterocycles. The topological polar surface area (TPSA) is 68.5 Å². The van der Waals surface area contributed by atoms with Crippen molar-refractivity contribution < 1.29 is 9.53 Å². The SMILES string of the molecule is Cc1cc(C)c2cccc(OCc3c(C)ccc(N(C)C(=O)CN)c3C)c2n1. The Morgan fingerprint density at radius 2 is 1.86 bits per heavy atom. The van der Waals surface area contributed by atoms with E-state index in [4.69, 9.17) is 10.5 Å². The Morgan fingerprint density at radius 3 is 2.57 bits per heavy atom. The molecule has 0 radical (unpaired) electrons. The molecular weight excluding hydrogens is 350 g/mol. The van der Waals surface area contributed by atoms with Crippen molar-refractivity contribution in [3.05, 3.63) is 64.3 Å². The summed E-state index contributed by atoms with van der Waals surface area (Å²) in [7, 11) is 1.75. The quantitative estimate of drug-likeness (QED) is 0.730. The van der Waals surface area contributed by atoms with Crippen LogP contribution in [0.5, 0.6) is 5.75 Å². The van der Waals surface area contributed by atoms with E-state index < -0.39 is 0 Å². The van der Waals surface area contributed by atoms with Gasteiger partial charge in [0.2, 0.25) is 5.91 Å². The molecule has 0 aliphatic heterocycles. The number of likely N-dealkylation sites (N-methyl/N-ethyl adjacent to an activating group) is 1. The molecule has 0 aliphatic rings. The number of fused-ring (bicyclic) bond motifs is 1. The van der Waals surface area contributed by atoms with Crippen molar-refractivity contribution in [2.75, 3.05) is 18.5 Å². The fourth-order valence-corrected chi connectivity index (χ4v) is 3.56. The average molecular weight is 377 g/mol. The minimum Gasteiger partial charge on any atom is -0.487 e. The number of amides is 1. The normalized spacial score (nSPS) is 10.9. The summed E-state index contributed by atoms with van der Waals surface area (Å²) in [5.41, 5.74) is 12.6. The number of benzene rings is 2. The van der Waals surface area contributed by atoms with Gasteiger partial charge in [-0.05, 0) is 68.1 Å². The molecule has 0 unspecified atom stereocenters. The zero-order valence-electron chi connectivity index (χ0n) is 17.2. The maximum Gasteiger partial charge on any atom is 0.240 e. The standard InChI is InChI=1S/C23H27N3O2/c1-14-9-10-20(26(5)22(27)12-24)17(4)19(14)13-28-21-8-6-7-18-15(2)11-16(3)25-23(18)21/h6-11H,12-13,24H2,1-5H3. The lowest BCUT2D eigenvalue weighted by Gasteiger charge is -2.22. The van der Waals surface area contributed by atoms with Crippen molar-refractivity contribution in [2.24, 2.45) is 5.73 Å². The second-order valence-electron chi connectivity index (χ2n) is 7.18. The number of para-hydroxylation sites is 1. The number of nitrogens with two attached hydrogens (primary N) is 1. The third-order valence-corrected chi connectivity index (χ3v) is 5.22. The van der Waals surface area contributed by atoms with E-state index in [2.05, 4.69) is 31.0 Å². The summed E-state index contributed by atoms with van der Waals surface area (Å²) in [4.78, 5) is 18.3. The van der Waals surface area contributed by atoms with Crippen LogP contribution in [-0.2, 0) is 11.4 Å². The van der Waals surface area contributed by atoms with Crippen LogP contribution in [0.1, 0.15) is 27.9 Å². The molecule has 3 aromatic rings. The van der Waals surface area contributed by atoms with E-state index in [0.29, 0.717) is 6.61 Å². The molecular formula is C23H27N3O2. The van der Waals surface area contributed by atoms with Crippen molar-refractivity contribution in [3.8, 4) is 5.75 Å². The Kier molecular flexibility index (Phi) is 5.66. The van der Waals surface area contributed by atoms with Crippen LogP contribution in [-0.4, -0.2) is 24.5 Å². The number of hydrogen-bond acceptors (Lipinski definition) is 4. The Bertz CT molecular complexity index is 1040. The molecule has 0 spiro atoms. The summed E-state index contributed by atoms with van der Waals surface area (Å²) < 4.78 is 6.21. The molecule has 28 heavy (non-hydrogen) atoms. The van der Waals surface area contributed by atoms with Crippen molar-refractivity contribution in [1.29, 1.82) is 0 Å². The van der Waals surface area contributed by atoms with Gasteiger partial charge in [0.25, 0.3) is 0 Å². The van der Waals surface area contributed by atoms with Gasteiger partial charge in [0.1, 0.15) is 17.9 Å². The minimum absolute atomic E-state index is 0.0178. The monoisotopic (exact) mass is 377 g/mol. The highest BCUT2D eigenvalue weighted by molar-refractivity contribution is 5.95. The Morgan fingerprint density at radius 1 is 1.11 bits per heavy atom. The molecule has 2 aromatic carbocycles. The van der Waals surface area contributed by atoms with Gasteiger partial charge in [-0.25, -0.2) is 4.98 Å². The van der Waals surface area contributed by atoms with Gasteiger partial charge in [-0.3, -0.25) is 4.79 Å². The van der Waals surface area contributed by atoms with Gasteiger partial charge in [-0.2, -0.15) is 0 Å². The van der Waals surface area contributed by atoms with Crippen LogP contribution in [0.4, 0.5) is 5.69 Å². The first-order chi connectivity index (χ1) is 13.3. The smallest absolute Gasteiger partial charge is 0.240 e. The average Bonchev–Trinajstić information content (AvgIpc) is 2.67. The lowest BCUT2D eigenvalue weighted by atomic mass is 10.0. The van der Waals surface area contributed by atoms with E-state index >= 15 is 0 Å². The number of hydrogen-bond donors (Lipinski definition) is 1. The minimum atomic E-state index is -0.122. The van der Waals surface area contributed by atoms with Crippen molar-refractivity contribution in [3.63, 3.8) is 0 Å². The van der Waals surface area contributed by atoms with Gasteiger partial charge in [0.15, 0.2) is 0 Å². The molecule has 1 amide bonds. The van der Waals surface area contributed by atoms with Crippen LogP contribution in [0.3, 0.4) is 0 Å². The molecule has 1 aromatic heterocycles. The first-order valence-electron chi connectivity index (χ1n) is 9.39. The first kappa shape index (κ1) is 19.8. The third kappa shape index (κ3) is 3.71. The number of aromatic nitrogens is 1. The molecule has 5 nitrogen and oxygen atoms in total. The van der Waals surface area contributed by atoms with Crippen molar-refractivity contribution >= 4 is 22.5 Å². The van der Waals surface area contributed by atoms with Crippen LogP contribution < -0.4 is 15.4 Å². The predicted octanol–water partition coefficient (Wildman–Crippen LogP) is 3.97. The van der Waals surface area contributed by atoms with Crippen LogP contribution in [0.2, 0.25) is 0 Å². The van der Waals surface area contributed by atoms with Crippen LogP contribution >= 0.6 is 0 Å². The van der Waals surface area contributed by atoms with Gasteiger partial charge < -0.3 is 15.4 Å². The van der Waals surface area contributed by atoms with E-state index in [1.807, 2.05) is 38.1 Å². The molecule has 146 valence electrons. The number of anilines is 1. The molecule has 0 aliphatic carbocycles. The van der Waals surface area contributed by atoms with E-state index in [9.17, 15) is 4.79 Å². The van der Waals surface area contributed by atoms with Gasteiger partial charge in [-0.15, -0.1) is 0 Å². The third-order valence-electron chi connectivity index (χ3n) is 5.22. The summed E-state index contributed by atoms with van der Waals surface area (Å²) in [5, 5.41) is 1.10. The second kappa shape index (κ2) is 7.98. The molecule has 3 rings (SSSR count). The Hall–Kier alpha value is -2.92. The van der Waals surface area contributed by atoms with Gasteiger partial charge in [0.05, 0.1) is 6.54 Å². The van der Waals surface area contributed by atoms with E-state index in [-0.39, 0.29) is 12.5 Å². The maximum atomic E-state index is 12.0. The molecule has 0 atom stereocenters. The van der Waals surface area contributed by atoms with E-state index in [1.165, 1.54) is 5.56 Å². The first-order valence-corrected chi connectivity index (χ1v) is 9.39. The largest absolute Gasteiger partial charge is 0.487 e. The summed E-state index contributed by atoms with van der Waals surface area (Å²) in [5.74, 6) is 0.642. The van der Waals surface area contributed by atoms with Gasteiger partial charge in [0, 0.05) is 23.8 Å². The maximum absolute atomic E-state index is 12.0. The molecule has 5 heteroatoms. The number of pyridine rings is 1. The van der Waals surface area contributed by atoms with Gasteiger partial charge >= 0.3 is 0 Å². The Labute approximate surface area is 166 Å². The Balaban J connectivity index is 1.96. The van der Waals surface area contributed by atoms with E-state index in [1.54, 1.807) is 11.9 Å². The van der Waals surface area contributed by atoms with Crippen molar-refractivity contribution in [1.82, 2.24) is 4.98 Å². The predicted molar refractivity (Wildman–Crippen MR) is 114 cm³/mol. The summed E-state index contributed by atoms with van der Waals surface area (Å²) in [6.07, 6.45) is 0. The summed E-state index contributed by atoms with van der Waals surface area (Å²) in [6, 6.07) is 12.0. The van der Waals surface area contributed by atoms with Crippen LogP contribution in [0.25, 0.3) is 10.9 Å². The molecule has 0 fully saturated rings. The lowest BCUT2D eigenvalue weighted by Crippen LogP contribution is -2.33. The number of carbonyl (C=O) groups excluding carboxylic acids is 1. The molecule has 2 N–H and O–H groups in total. The zero-order valence-corrected chi connectivity index (χ0v) is 17.2.